The summed E-state index contributed by atoms with van der Waals surface area (Å²) in [5, 5.41) is 56.8. The van der Waals surface area contributed by atoms with Crippen LogP contribution in [0, 0.1) is 16.7 Å². The molecule has 2 spiro atoms. The fraction of sp³-hybridized carbons (Fsp3) is 0.774. The number of hydrogen-bond donors (Lipinski definition) is 6. The summed E-state index contributed by atoms with van der Waals surface area (Å²) in [4.78, 5) is 11.7. The molecule has 42 heavy (non-hydrogen) atoms. The van der Waals surface area contributed by atoms with Gasteiger partial charge in [0.1, 0.15) is 30.0 Å². The molecule has 11 heteroatoms. The smallest absolute Gasteiger partial charge is 0.335 e. The van der Waals surface area contributed by atoms with Crippen LogP contribution >= 0.6 is 0 Å². The Kier molecular flexibility index (Phi) is 6.03. The largest absolute Gasteiger partial charge is 0.482 e. The van der Waals surface area contributed by atoms with E-state index in [9.17, 15) is 30.3 Å². The van der Waals surface area contributed by atoms with Gasteiger partial charge >= 0.3 is 5.97 Å². The van der Waals surface area contributed by atoms with Gasteiger partial charge in [-0.3, -0.25) is 0 Å². The molecule has 3 aliphatic heterocycles. The number of carboxylic acids is 1. The number of rotatable bonds is 5. The van der Waals surface area contributed by atoms with Gasteiger partial charge in [-0.25, -0.2) is 4.79 Å². The second kappa shape index (κ2) is 8.80. The van der Waals surface area contributed by atoms with Gasteiger partial charge in [-0.2, -0.15) is 0 Å². The Morgan fingerprint density at radius 1 is 1.07 bits per heavy atom. The first-order valence-electron chi connectivity index (χ1n) is 15.1. The molecule has 1 aromatic rings. The fourth-order valence-electron chi connectivity index (χ4n) is 9.88. The summed E-state index contributed by atoms with van der Waals surface area (Å²) in [7, 11) is 1.72. The number of aliphatic hydroxyl groups is 4. The van der Waals surface area contributed by atoms with Crippen molar-refractivity contribution >= 4 is 5.97 Å². The molecule has 4 bridgehead atoms. The zero-order chi connectivity index (χ0) is 30.2. The second-order valence-corrected chi connectivity index (χ2v) is 14.7. The Hall–Kier alpha value is -1.99. The van der Waals surface area contributed by atoms with Gasteiger partial charge in [0.15, 0.2) is 17.6 Å². The van der Waals surface area contributed by atoms with Crippen LogP contribution in [0.5, 0.6) is 11.5 Å². The Bertz CT molecular complexity index is 1310. The molecule has 1 aromatic carbocycles. The van der Waals surface area contributed by atoms with Crippen molar-refractivity contribution in [3.63, 3.8) is 0 Å². The number of carboxylic acid groups (broad SMARTS) is 1. The quantitative estimate of drug-likeness (QED) is 0.288. The zero-order valence-corrected chi connectivity index (χ0v) is 24.8. The Morgan fingerprint density at radius 2 is 1.81 bits per heavy atom. The molecule has 3 saturated carbocycles. The van der Waals surface area contributed by atoms with Crippen molar-refractivity contribution in [2.24, 2.45) is 16.7 Å². The van der Waals surface area contributed by atoms with Gasteiger partial charge in [0.05, 0.1) is 5.60 Å². The average molecular weight is 590 g/mol. The summed E-state index contributed by atoms with van der Waals surface area (Å²) in [6.45, 7) is 8.92. The molecule has 2 saturated heterocycles. The highest BCUT2D eigenvalue weighted by atomic mass is 16.7. The molecule has 6 N–H and O–H groups in total. The standard InChI is InChI=1S/C31H43NO10/c1-27(2,3)28(4,38)16-13-29-8-9-31(16,39-5)26-30(29)10-11-32-17(29)12-14-6-7-15(22(42-26)18(14)30)40-25-21(35)19(33)20(34)23(41-25)24(36)37/h6-7,16-17,19-21,23,25-26,32-35,38H,8-13H2,1-5H3,(H,36,37)/t16-,17-,19+,20+,21-,23+,25?,26-,28+,29-,30+,31-/m1/s1. The Balaban J connectivity index is 1.36. The van der Waals surface area contributed by atoms with E-state index in [1.165, 1.54) is 0 Å². The van der Waals surface area contributed by atoms with E-state index in [4.69, 9.17) is 18.9 Å². The topological polar surface area (TPSA) is 167 Å². The van der Waals surface area contributed by atoms with Crippen LogP contribution in [-0.2, 0) is 26.1 Å². The van der Waals surface area contributed by atoms with Gasteiger partial charge in [-0.05, 0) is 62.6 Å². The van der Waals surface area contributed by atoms with Gasteiger partial charge in [-0.15, -0.1) is 0 Å². The van der Waals surface area contributed by atoms with Crippen LogP contribution < -0.4 is 14.8 Å². The number of benzene rings is 1. The minimum absolute atomic E-state index is 0.192. The molecular weight excluding hydrogens is 546 g/mol. The maximum absolute atomic E-state index is 12.2. The summed E-state index contributed by atoms with van der Waals surface area (Å²) in [6, 6.07) is 3.94. The fourth-order valence-corrected chi connectivity index (χ4v) is 9.88. The molecule has 11 nitrogen and oxygen atoms in total. The number of nitrogens with one attached hydrogen (secondary N) is 1. The normalized spacial score (nSPS) is 46.4. The predicted molar refractivity (Wildman–Crippen MR) is 147 cm³/mol. The van der Waals surface area contributed by atoms with E-state index in [0.29, 0.717) is 5.75 Å². The number of fused-ring (bicyclic) bond motifs is 2. The first-order chi connectivity index (χ1) is 19.7. The first kappa shape index (κ1) is 28.8. The lowest BCUT2D eigenvalue weighted by Gasteiger charge is -2.74. The predicted octanol–water partition coefficient (Wildman–Crippen LogP) is 0.857. The van der Waals surface area contributed by atoms with E-state index in [0.717, 1.165) is 49.8 Å². The summed E-state index contributed by atoms with van der Waals surface area (Å²) >= 11 is 0. The monoisotopic (exact) mass is 589 g/mol. The third-order valence-electron chi connectivity index (χ3n) is 12.4. The number of ether oxygens (including phenoxy) is 4. The molecule has 7 aliphatic rings. The van der Waals surface area contributed by atoms with Crippen LogP contribution in [0.3, 0.4) is 0 Å². The van der Waals surface area contributed by atoms with Gasteiger partial charge < -0.3 is 49.8 Å². The molecule has 1 unspecified atom stereocenters. The number of piperidine rings is 1. The minimum atomic E-state index is -1.81. The first-order valence-corrected chi connectivity index (χ1v) is 15.1. The van der Waals surface area contributed by atoms with Crippen LogP contribution in [0.15, 0.2) is 12.1 Å². The lowest BCUT2D eigenvalue weighted by atomic mass is 9.33. The summed E-state index contributed by atoms with van der Waals surface area (Å²) in [5.74, 6) is -0.895. The molecule has 0 amide bonds. The number of aliphatic hydroxyl groups excluding tert-OH is 3. The third-order valence-corrected chi connectivity index (χ3v) is 12.4. The van der Waals surface area contributed by atoms with Crippen LogP contribution in [0.1, 0.15) is 64.5 Å². The molecule has 3 heterocycles. The summed E-state index contributed by atoms with van der Waals surface area (Å²) in [5.41, 5.74) is -0.637. The lowest BCUT2D eigenvalue weighted by molar-refractivity contribution is -0.303. The molecule has 5 fully saturated rings. The molecule has 0 radical (unpaired) electrons. The summed E-state index contributed by atoms with van der Waals surface area (Å²) in [6.07, 6.45) is -4.97. The van der Waals surface area contributed by atoms with Crippen LogP contribution in [0.25, 0.3) is 0 Å². The SMILES string of the molecule is CO[C@]12CC[C@@]3(C[C@@H]1[C@](C)(O)C(C)(C)C)[C@H]1Cc4ccc(OC5O[C@H](C(=O)O)[C@@H](O)[C@H](O)[C@H]5O)c5c4[C@@]3(CCN1)[C@H]2O5. The average Bonchev–Trinajstić information content (AvgIpc) is 3.30. The molecule has 0 aromatic heterocycles. The highest BCUT2D eigenvalue weighted by molar-refractivity contribution is 5.73. The Labute approximate surface area is 245 Å². The lowest BCUT2D eigenvalue weighted by Crippen LogP contribution is -2.83. The maximum Gasteiger partial charge on any atom is 0.335 e. The van der Waals surface area contributed by atoms with Crippen molar-refractivity contribution in [3.05, 3.63) is 23.3 Å². The number of hydrogen-bond acceptors (Lipinski definition) is 10. The number of methoxy groups -OCH3 is 1. The number of carbonyl (C=O) groups is 1. The summed E-state index contributed by atoms with van der Waals surface area (Å²) < 4.78 is 25.1. The van der Waals surface area contributed by atoms with Gasteiger partial charge in [-0.1, -0.05) is 26.8 Å². The van der Waals surface area contributed by atoms with Crippen molar-refractivity contribution in [2.45, 2.75) is 119 Å². The Morgan fingerprint density at radius 3 is 2.48 bits per heavy atom. The van der Waals surface area contributed by atoms with Crippen LogP contribution in [-0.4, -0.2) is 99.2 Å². The van der Waals surface area contributed by atoms with Crippen molar-refractivity contribution < 1.29 is 49.3 Å². The molecule has 4 aliphatic carbocycles. The van der Waals surface area contributed by atoms with Crippen LogP contribution in [0.4, 0.5) is 0 Å². The van der Waals surface area contributed by atoms with Gasteiger partial charge in [0.25, 0.3) is 0 Å². The zero-order valence-electron chi connectivity index (χ0n) is 24.8. The molecule has 232 valence electrons. The highest BCUT2D eigenvalue weighted by Gasteiger charge is 2.81. The second-order valence-electron chi connectivity index (χ2n) is 14.7. The maximum atomic E-state index is 12.2. The van der Waals surface area contributed by atoms with Gasteiger partial charge in [0, 0.05) is 35.5 Å². The van der Waals surface area contributed by atoms with E-state index in [2.05, 4.69) is 26.1 Å². The van der Waals surface area contributed by atoms with Gasteiger partial charge in [0.2, 0.25) is 6.29 Å². The molecule has 12 atom stereocenters. The van der Waals surface area contributed by atoms with E-state index in [1.807, 2.05) is 13.0 Å². The van der Waals surface area contributed by atoms with E-state index in [-0.39, 0.29) is 23.1 Å². The van der Waals surface area contributed by atoms with E-state index in [1.54, 1.807) is 13.2 Å². The number of aliphatic carboxylic acids is 1. The highest BCUT2D eigenvalue weighted by Crippen LogP contribution is 2.77. The minimum Gasteiger partial charge on any atom is -0.482 e. The van der Waals surface area contributed by atoms with Crippen molar-refractivity contribution in [1.82, 2.24) is 5.32 Å². The van der Waals surface area contributed by atoms with Crippen molar-refractivity contribution in [3.8, 4) is 11.5 Å². The molecule has 8 rings (SSSR count). The van der Waals surface area contributed by atoms with Crippen LogP contribution in [0.2, 0.25) is 0 Å². The third kappa shape index (κ3) is 3.23. The van der Waals surface area contributed by atoms with E-state index >= 15 is 0 Å². The van der Waals surface area contributed by atoms with Crippen molar-refractivity contribution in [1.29, 1.82) is 0 Å². The van der Waals surface area contributed by atoms with Crippen molar-refractivity contribution in [2.75, 3.05) is 13.7 Å². The molecular formula is C31H43NO10. The van der Waals surface area contributed by atoms with E-state index < -0.39 is 64.8 Å².